The number of carbonyl (C=O) groups excluding carboxylic acids is 1. The van der Waals surface area contributed by atoms with Crippen LogP contribution >= 0.6 is 0 Å². The molecule has 0 spiro atoms. The Labute approximate surface area is 203 Å². The highest BCUT2D eigenvalue weighted by atomic mass is 16.7. The van der Waals surface area contributed by atoms with Crippen LogP contribution in [0.4, 0.5) is 4.79 Å². The Morgan fingerprint density at radius 3 is 2.35 bits per heavy atom. The number of likely N-dealkylation sites (tertiary alicyclic amines) is 1. The Bertz CT molecular complexity index is 1020. The number of hydrogen-bond acceptors (Lipinski definition) is 5. The highest BCUT2D eigenvalue weighted by molar-refractivity contribution is 6.62. The molecule has 0 radical (unpaired) electrons. The second-order valence-electron chi connectivity index (χ2n) is 12.2. The lowest BCUT2D eigenvalue weighted by Gasteiger charge is -2.36. The molecule has 1 aromatic rings. The third-order valence-corrected chi connectivity index (χ3v) is 8.10. The van der Waals surface area contributed by atoms with Crippen LogP contribution in [-0.4, -0.2) is 52.7 Å². The van der Waals surface area contributed by atoms with E-state index in [1.54, 1.807) is 0 Å². The van der Waals surface area contributed by atoms with E-state index < -0.39 is 5.60 Å². The molecule has 3 atom stereocenters. The van der Waals surface area contributed by atoms with Gasteiger partial charge in [-0.05, 0) is 90.2 Å². The number of hydrogen-bond donors (Lipinski definition) is 0. The largest absolute Gasteiger partial charge is 0.494 e. The van der Waals surface area contributed by atoms with Crippen LogP contribution in [0.1, 0.15) is 79.7 Å². The first kappa shape index (κ1) is 23.6. The fraction of sp³-hybridized carbons (Fsp3) is 0.630. The molecule has 2 saturated heterocycles. The number of rotatable bonds is 3. The maximum absolute atomic E-state index is 13.0. The molecule has 0 aromatic heterocycles. The molecule has 6 nitrogen and oxygen atoms in total. The van der Waals surface area contributed by atoms with E-state index in [4.69, 9.17) is 19.0 Å². The van der Waals surface area contributed by atoms with Gasteiger partial charge in [-0.1, -0.05) is 24.3 Å². The predicted molar refractivity (Wildman–Crippen MR) is 135 cm³/mol. The smallest absolute Gasteiger partial charge is 0.444 e. The molecule has 3 heterocycles. The minimum atomic E-state index is -0.497. The SMILES string of the molecule is CC(C)(C)OC(=O)N1[C@@H]2CC[C@@H](C2)[C@H]1C1=NC=C(c2ccc(B3OC(C)(C)C(C)(C)O3)cc2)C1. The molecule has 1 aromatic carbocycles. The van der Waals surface area contributed by atoms with Crippen LogP contribution < -0.4 is 5.46 Å². The molecule has 5 rings (SSSR count). The monoisotopic (exact) mass is 464 g/mol. The molecule has 1 amide bonds. The zero-order valence-electron chi connectivity index (χ0n) is 21.6. The van der Waals surface area contributed by atoms with Crippen LogP contribution in [-0.2, 0) is 14.0 Å². The first-order valence-corrected chi connectivity index (χ1v) is 12.6. The van der Waals surface area contributed by atoms with Crippen molar-refractivity contribution < 1.29 is 18.8 Å². The quantitative estimate of drug-likeness (QED) is 0.594. The molecule has 2 bridgehead atoms. The van der Waals surface area contributed by atoms with Gasteiger partial charge in [-0.15, -0.1) is 0 Å². The van der Waals surface area contributed by atoms with E-state index in [1.807, 2.05) is 31.9 Å². The molecule has 34 heavy (non-hydrogen) atoms. The van der Waals surface area contributed by atoms with Gasteiger partial charge < -0.3 is 14.0 Å². The average Bonchev–Trinajstić information content (AvgIpc) is 3.49. The van der Waals surface area contributed by atoms with Gasteiger partial charge in [0.1, 0.15) is 5.60 Å². The lowest BCUT2D eigenvalue weighted by molar-refractivity contribution is 0.00578. The van der Waals surface area contributed by atoms with Crippen molar-refractivity contribution in [1.82, 2.24) is 4.90 Å². The number of carbonyl (C=O) groups is 1. The van der Waals surface area contributed by atoms with Crippen LogP contribution in [0.5, 0.6) is 0 Å². The molecular formula is C27H37BN2O4. The third kappa shape index (κ3) is 4.11. The highest BCUT2D eigenvalue weighted by Crippen LogP contribution is 2.45. The molecule has 0 unspecified atom stereocenters. The number of piperidine rings is 1. The first-order valence-electron chi connectivity index (χ1n) is 12.6. The topological polar surface area (TPSA) is 60.4 Å². The summed E-state index contributed by atoms with van der Waals surface area (Å²) in [6.45, 7) is 14.1. The summed E-state index contributed by atoms with van der Waals surface area (Å²) in [6.07, 6.45) is 5.82. The Kier molecular flexibility index (Phi) is 5.53. The summed E-state index contributed by atoms with van der Waals surface area (Å²) in [5, 5.41) is 0. The standard InChI is InChI=1S/C27H37BN2O4/c1-25(2,3)32-24(31)30-21-13-10-18(14-21)23(30)22-15-19(16-29-22)17-8-11-20(12-9-17)28-33-26(4,5)27(6,7)34-28/h8-9,11-12,16,18,21,23H,10,13-15H2,1-7H3/t18-,21+,23-/m0/s1. The van der Waals surface area contributed by atoms with Gasteiger partial charge >= 0.3 is 13.2 Å². The molecule has 3 fully saturated rings. The number of aliphatic imine (C=N–C) groups is 1. The molecule has 182 valence electrons. The highest BCUT2D eigenvalue weighted by Gasteiger charge is 2.52. The van der Waals surface area contributed by atoms with Crippen molar-refractivity contribution in [2.24, 2.45) is 10.9 Å². The summed E-state index contributed by atoms with van der Waals surface area (Å²) >= 11 is 0. The average molecular weight is 464 g/mol. The predicted octanol–water partition coefficient (Wildman–Crippen LogP) is 4.96. The lowest BCUT2D eigenvalue weighted by atomic mass is 9.78. The van der Waals surface area contributed by atoms with Gasteiger partial charge in [0, 0.05) is 24.4 Å². The van der Waals surface area contributed by atoms with Crippen LogP contribution in [0, 0.1) is 5.92 Å². The van der Waals surface area contributed by atoms with Gasteiger partial charge in [0.2, 0.25) is 0 Å². The summed E-state index contributed by atoms with van der Waals surface area (Å²) < 4.78 is 18.1. The van der Waals surface area contributed by atoms with Gasteiger partial charge in [-0.25, -0.2) is 4.79 Å². The number of fused-ring (bicyclic) bond motifs is 2. The Morgan fingerprint density at radius 2 is 1.74 bits per heavy atom. The van der Waals surface area contributed by atoms with Crippen molar-refractivity contribution in [2.75, 3.05) is 0 Å². The summed E-state index contributed by atoms with van der Waals surface area (Å²) in [5.74, 6) is 0.481. The van der Waals surface area contributed by atoms with E-state index in [9.17, 15) is 4.79 Å². The van der Waals surface area contributed by atoms with E-state index >= 15 is 0 Å². The van der Waals surface area contributed by atoms with Crippen molar-refractivity contribution in [3.8, 4) is 0 Å². The van der Waals surface area contributed by atoms with Gasteiger partial charge in [-0.3, -0.25) is 9.89 Å². The Balaban J connectivity index is 1.27. The molecule has 1 saturated carbocycles. The molecule has 3 aliphatic heterocycles. The van der Waals surface area contributed by atoms with Crippen molar-refractivity contribution in [2.45, 2.75) is 103 Å². The van der Waals surface area contributed by atoms with E-state index in [1.165, 1.54) is 5.57 Å². The second-order valence-corrected chi connectivity index (χ2v) is 12.2. The number of nitrogens with zero attached hydrogens (tertiary/aromatic N) is 2. The summed E-state index contributed by atoms with van der Waals surface area (Å²) in [4.78, 5) is 19.8. The van der Waals surface area contributed by atoms with Crippen LogP contribution in [0.15, 0.2) is 35.5 Å². The molecule has 4 aliphatic rings. The third-order valence-electron chi connectivity index (χ3n) is 8.10. The van der Waals surface area contributed by atoms with E-state index in [0.29, 0.717) is 5.92 Å². The maximum Gasteiger partial charge on any atom is 0.494 e. The molecule has 0 N–H and O–H groups in total. The second kappa shape index (κ2) is 7.96. The summed E-state index contributed by atoms with van der Waals surface area (Å²) in [5.41, 5.74) is 3.23. The number of ether oxygens (including phenoxy) is 1. The molecular weight excluding hydrogens is 427 g/mol. The maximum atomic E-state index is 13.0. The number of benzene rings is 1. The van der Waals surface area contributed by atoms with Gasteiger partial charge in [0.25, 0.3) is 0 Å². The Morgan fingerprint density at radius 1 is 1.09 bits per heavy atom. The van der Waals surface area contributed by atoms with Crippen LogP contribution in [0.3, 0.4) is 0 Å². The Hall–Kier alpha value is -2.12. The summed E-state index contributed by atoms with van der Waals surface area (Å²) in [7, 11) is -0.361. The van der Waals surface area contributed by atoms with Crippen molar-refractivity contribution >= 4 is 30.0 Å². The molecule has 1 aliphatic carbocycles. The van der Waals surface area contributed by atoms with Crippen molar-refractivity contribution in [1.29, 1.82) is 0 Å². The lowest BCUT2D eigenvalue weighted by Crippen LogP contribution is -2.50. The van der Waals surface area contributed by atoms with Crippen molar-refractivity contribution in [3.05, 3.63) is 36.0 Å². The fourth-order valence-corrected chi connectivity index (χ4v) is 5.63. The van der Waals surface area contributed by atoms with Gasteiger partial charge in [0.05, 0.1) is 17.2 Å². The van der Waals surface area contributed by atoms with Crippen molar-refractivity contribution in [3.63, 3.8) is 0 Å². The van der Waals surface area contributed by atoms with Crippen LogP contribution in [0.2, 0.25) is 0 Å². The molecule has 7 heteroatoms. The zero-order valence-corrected chi connectivity index (χ0v) is 21.6. The number of allylic oxidation sites excluding steroid dienone is 1. The van der Waals surface area contributed by atoms with Gasteiger partial charge in [-0.2, -0.15) is 0 Å². The minimum Gasteiger partial charge on any atom is -0.444 e. The fourth-order valence-electron chi connectivity index (χ4n) is 5.63. The van der Waals surface area contributed by atoms with E-state index in [0.717, 1.165) is 42.4 Å². The van der Waals surface area contributed by atoms with E-state index in [-0.39, 0.29) is 36.5 Å². The summed E-state index contributed by atoms with van der Waals surface area (Å²) in [6, 6.07) is 8.73. The first-order chi connectivity index (χ1) is 15.8. The van der Waals surface area contributed by atoms with Gasteiger partial charge in [0.15, 0.2) is 0 Å². The minimum absolute atomic E-state index is 0.0476. The van der Waals surface area contributed by atoms with Crippen LogP contribution in [0.25, 0.3) is 5.57 Å². The van der Waals surface area contributed by atoms with E-state index in [2.05, 4.69) is 52.0 Å². The number of amides is 1. The normalized spacial score (nSPS) is 29.4. The zero-order chi connectivity index (χ0) is 24.5.